The fourth-order valence-corrected chi connectivity index (χ4v) is 3.25. The zero-order valence-electron chi connectivity index (χ0n) is 16.7. The van der Waals surface area contributed by atoms with Crippen molar-refractivity contribution in [1.29, 1.82) is 0 Å². The normalized spacial score (nSPS) is 14.1. The number of aromatic nitrogens is 2. The first-order valence-electron chi connectivity index (χ1n) is 9.77. The molecular formula is C21H23N7O3. The third-order valence-corrected chi connectivity index (χ3v) is 4.64. The summed E-state index contributed by atoms with van der Waals surface area (Å²) in [5.41, 5.74) is 8.49. The van der Waals surface area contributed by atoms with Crippen molar-refractivity contribution in [1.82, 2.24) is 15.0 Å². The van der Waals surface area contributed by atoms with Crippen molar-refractivity contribution in [3.05, 3.63) is 60.8 Å². The molecule has 0 unspecified atom stereocenters. The van der Waals surface area contributed by atoms with Crippen LogP contribution in [0.5, 0.6) is 0 Å². The Morgan fingerprint density at radius 3 is 2.58 bits per heavy atom. The molecule has 1 amide bonds. The summed E-state index contributed by atoms with van der Waals surface area (Å²) in [5.74, 6) is 0.885. The van der Waals surface area contributed by atoms with Crippen molar-refractivity contribution >= 4 is 40.6 Å². The van der Waals surface area contributed by atoms with Gasteiger partial charge in [0.15, 0.2) is 5.82 Å². The lowest BCUT2D eigenvalue weighted by molar-refractivity contribution is 0.0371. The van der Waals surface area contributed by atoms with Gasteiger partial charge in [0.1, 0.15) is 0 Å². The van der Waals surface area contributed by atoms with Crippen LogP contribution in [0.3, 0.4) is 0 Å². The molecule has 4 rings (SSSR count). The molecule has 0 radical (unpaired) electrons. The first-order chi connectivity index (χ1) is 15.1. The molecule has 0 bridgehead atoms. The third kappa shape index (κ3) is 5.00. The number of benzene rings is 2. The van der Waals surface area contributed by atoms with E-state index < -0.39 is 6.09 Å². The number of nitrogen functional groups attached to an aromatic ring is 1. The van der Waals surface area contributed by atoms with Crippen molar-refractivity contribution in [2.45, 2.75) is 0 Å². The van der Waals surface area contributed by atoms with E-state index in [0.29, 0.717) is 55.1 Å². The number of amides is 1. The highest BCUT2D eigenvalue weighted by Crippen LogP contribution is 2.29. The fourth-order valence-electron chi connectivity index (χ4n) is 3.25. The quantitative estimate of drug-likeness (QED) is 0.474. The zero-order chi connectivity index (χ0) is 21.6. The average Bonchev–Trinajstić information content (AvgIpc) is 2.77. The Kier molecular flexibility index (Phi) is 6.11. The monoisotopic (exact) mass is 421 g/mol. The zero-order valence-corrected chi connectivity index (χ0v) is 16.7. The van der Waals surface area contributed by atoms with Gasteiger partial charge in [-0.3, -0.25) is 5.32 Å². The van der Waals surface area contributed by atoms with E-state index in [4.69, 9.17) is 15.6 Å². The van der Waals surface area contributed by atoms with E-state index in [2.05, 4.69) is 25.6 Å². The van der Waals surface area contributed by atoms with Crippen molar-refractivity contribution in [2.75, 3.05) is 47.7 Å². The minimum absolute atomic E-state index is 0.371. The molecule has 3 aromatic rings. The van der Waals surface area contributed by atoms with E-state index in [1.54, 1.807) is 30.5 Å². The molecule has 1 aliphatic rings. The number of hydrazine groups is 1. The molecule has 0 atom stereocenters. The molecule has 1 aliphatic heterocycles. The first-order valence-corrected chi connectivity index (χ1v) is 9.77. The van der Waals surface area contributed by atoms with Gasteiger partial charge in [0.2, 0.25) is 5.95 Å². The standard InChI is InChI=1S/C21H23N7O3/c22-18-14-23-20(26-19(18)24-15-5-4-6-16(13-15)25-21(29)30)28(17-7-2-1-3-8-17)27-9-11-31-12-10-27/h1-8,13-14,25H,9-12,22H2,(H,29,30)(H,23,24,26). The lowest BCUT2D eigenvalue weighted by Gasteiger charge is -2.37. The number of para-hydroxylation sites is 1. The van der Waals surface area contributed by atoms with Gasteiger partial charge in [-0.1, -0.05) is 24.3 Å². The number of nitrogens with one attached hydrogen (secondary N) is 2. The van der Waals surface area contributed by atoms with Crippen LogP contribution in [0.4, 0.5) is 39.3 Å². The molecule has 0 saturated carbocycles. The van der Waals surface area contributed by atoms with Gasteiger partial charge in [-0.15, -0.1) is 0 Å². The fraction of sp³-hybridized carbons (Fsp3) is 0.190. The number of morpholine rings is 1. The van der Waals surface area contributed by atoms with Crippen molar-refractivity contribution < 1.29 is 14.6 Å². The summed E-state index contributed by atoms with van der Waals surface area (Å²) in [5, 5.41) is 18.5. The van der Waals surface area contributed by atoms with E-state index in [9.17, 15) is 4.79 Å². The molecule has 0 spiro atoms. The highest BCUT2D eigenvalue weighted by molar-refractivity contribution is 5.84. The Morgan fingerprint density at radius 2 is 1.84 bits per heavy atom. The van der Waals surface area contributed by atoms with Gasteiger partial charge in [-0.05, 0) is 30.3 Å². The van der Waals surface area contributed by atoms with E-state index in [1.165, 1.54) is 0 Å². The molecule has 2 heterocycles. The molecule has 10 nitrogen and oxygen atoms in total. The smallest absolute Gasteiger partial charge is 0.409 e. The Morgan fingerprint density at radius 1 is 1.10 bits per heavy atom. The molecule has 2 aromatic carbocycles. The topological polar surface area (TPSA) is 129 Å². The van der Waals surface area contributed by atoms with Crippen molar-refractivity contribution in [2.24, 2.45) is 0 Å². The predicted molar refractivity (Wildman–Crippen MR) is 119 cm³/mol. The summed E-state index contributed by atoms with van der Waals surface area (Å²) in [4.78, 5) is 20.0. The summed E-state index contributed by atoms with van der Waals surface area (Å²) in [7, 11) is 0. The van der Waals surface area contributed by atoms with Crippen LogP contribution in [0.15, 0.2) is 60.8 Å². The minimum atomic E-state index is -1.13. The summed E-state index contributed by atoms with van der Waals surface area (Å²) in [6.45, 7) is 2.64. The predicted octanol–water partition coefficient (Wildman–Crippen LogP) is 3.28. The van der Waals surface area contributed by atoms with Gasteiger partial charge < -0.3 is 20.9 Å². The molecule has 1 saturated heterocycles. The number of nitrogens with two attached hydrogens (primary N) is 1. The van der Waals surface area contributed by atoms with Crippen LogP contribution < -0.4 is 21.4 Å². The van der Waals surface area contributed by atoms with Gasteiger partial charge in [-0.25, -0.2) is 19.8 Å². The summed E-state index contributed by atoms with van der Waals surface area (Å²) in [6, 6.07) is 16.7. The van der Waals surface area contributed by atoms with Crippen LogP contribution in [-0.2, 0) is 4.74 Å². The summed E-state index contributed by atoms with van der Waals surface area (Å²) >= 11 is 0. The van der Waals surface area contributed by atoms with Crippen molar-refractivity contribution in [3.8, 4) is 0 Å². The SMILES string of the molecule is Nc1cnc(N(c2ccccc2)N2CCOCC2)nc1Nc1cccc(NC(=O)O)c1. The van der Waals surface area contributed by atoms with Crippen LogP contribution in [-0.4, -0.2) is 52.5 Å². The largest absolute Gasteiger partial charge is 0.465 e. The molecule has 10 heteroatoms. The molecule has 0 aliphatic carbocycles. The second-order valence-electron chi connectivity index (χ2n) is 6.82. The second kappa shape index (κ2) is 9.28. The van der Waals surface area contributed by atoms with E-state index >= 15 is 0 Å². The molecule has 160 valence electrons. The minimum Gasteiger partial charge on any atom is -0.465 e. The van der Waals surface area contributed by atoms with Crippen LogP contribution in [0.2, 0.25) is 0 Å². The number of nitrogens with zero attached hydrogens (tertiary/aromatic N) is 4. The lowest BCUT2D eigenvalue weighted by atomic mass is 10.2. The number of carbonyl (C=O) groups is 1. The van der Waals surface area contributed by atoms with E-state index in [1.807, 2.05) is 35.3 Å². The molecular weight excluding hydrogens is 398 g/mol. The highest BCUT2D eigenvalue weighted by Gasteiger charge is 2.23. The molecule has 5 N–H and O–H groups in total. The Bertz CT molecular complexity index is 1040. The summed E-state index contributed by atoms with van der Waals surface area (Å²) < 4.78 is 5.49. The summed E-state index contributed by atoms with van der Waals surface area (Å²) in [6.07, 6.45) is 0.422. The Hall–Kier alpha value is -3.89. The van der Waals surface area contributed by atoms with Crippen LogP contribution in [0.1, 0.15) is 0 Å². The maximum Gasteiger partial charge on any atom is 0.409 e. The third-order valence-electron chi connectivity index (χ3n) is 4.64. The highest BCUT2D eigenvalue weighted by atomic mass is 16.5. The second-order valence-corrected chi connectivity index (χ2v) is 6.82. The van der Waals surface area contributed by atoms with Gasteiger partial charge in [0, 0.05) is 24.5 Å². The van der Waals surface area contributed by atoms with Crippen LogP contribution in [0.25, 0.3) is 0 Å². The van der Waals surface area contributed by atoms with E-state index in [-0.39, 0.29) is 0 Å². The lowest BCUT2D eigenvalue weighted by Crippen LogP contribution is -2.47. The molecule has 1 aromatic heterocycles. The van der Waals surface area contributed by atoms with Crippen molar-refractivity contribution in [3.63, 3.8) is 0 Å². The van der Waals surface area contributed by atoms with E-state index in [0.717, 1.165) is 5.69 Å². The number of hydrogen-bond acceptors (Lipinski definition) is 8. The van der Waals surface area contributed by atoms with Crippen LogP contribution in [0, 0.1) is 0 Å². The first kappa shape index (κ1) is 20.4. The van der Waals surface area contributed by atoms with Gasteiger partial charge in [-0.2, -0.15) is 4.98 Å². The number of anilines is 6. The maximum absolute atomic E-state index is 10.9. The van der Waals surface area contributed by atoms with Gasteiger partial charge in [0.25, 0.3) is 0 Å². The maximum atomic E-state index is 10.9. The number of hydrogen-bond donors (Lipinski definition) is 4. The van der Waals surface area contributed by atoms with Gasteiger partial charge in [0.05, 0.1) is 30.8 Å². The number of ether oxygens (including phenoxy) is 1. The number of carboxylic acid groups (broad SMARTS) is 1. The van der Waals surface area contributed by atoms with Crippen LogP contribution >= 0.6 is 0 Å². The molecule has 1 fully saturated rings. The Labute approximate surface area is 179 Å². The van der Waals surface area contributed by atoms with Gasteiger partial charge >= 0.3 is 6.09 Å². The average molecular weight is 421 g/mol. The number of rotatable bonds is 6. The Balaban J connectivity index is 1.66. The molecule has 31 heavy (non-hydrogen) atoms.